The largest absolute Gasteiger partial charge is 0.479 e. The van der Waals surface area contributed by atoms with Crippen LogP contribution in [-0.2, 0) is 14.8 Å². The zero-order valence-electron chi connectivity index (χ0n) is 19.2. The predicted octanol–water partition coefficient (Wildman–Crippen LogP) is 3.69. The highest BCUT2D eigenvalue weighted by Gasteiger charge is 2.29. The number of hydrogen-bond acceptors (Lipinski definition) is 7. The first kappa shape index (κ1) is 25.3. The minimum absolute atomic E-state index is 0.0546. The van der Waals surface area contributed by atoms with Crippen molar-refractivity contribution < 1.29 is 22.7 Å². The van der Waals surface area contributed by atoms with Crippen LogP contribution in [0.5, 0.6) is 17.2 Å². The average molecular weight is 493 g/mol. The fourth-order valence-electron chi connectivity index (χ4n) is 3.12. The van der Waals surface area contributed by atoms with Crippen molar-refractivity contribution >= 4 is 27.8 Å². The monoisotopic (exact) mass is 492 g/mol. The second-order valence-corrected chi connectivity index (χ2v) is 9.25. The Bertz CT molecular complexity index is 1300. The summed E-state index contributed by atoms with van der Waals surface area (Å²) in [4.78, 5) is 12.7. The molecular weight excluding hydrogens is 468 g/mol. The fraction of sp³-hybridized carbons (Fsp3) is 0.160. The molecule has 1 N–H and O–H groups in total. The molecule has 3 rings (SSSR count). The minimum atomic E-state index is -3.78. The van der Waals surface area contributed by atoms with Crippen LogP contribution in [0.2, 0.25) is 0 Å². The number of carbonyl (C=O) groups is 1. The molecule has 3 aromatic rings. The van der Waals surface area contributed by atoms with E-state index in [-0.39, 0.29) is 6.61 Å². The predicted molar refractivity (Wildman–Crippen MR) is 133 cm³/mol. The molecule has 0 fully saturated rings. The average Bonchev–Trinajstić information content (AvgIpc) is 2.84. The zero-order valence-corrected chi connectivity index (χ0v) is 20.0. The third kappa shape index (κ3) is 7.31. The number of hydrazone groups is 1. The van der Waals surface area contributed by atoms with Gasteiger partial charge in [0.1, 0.15) is 29.4 Å². The summed E-state index contributed by atoms with van der Waals surface area (Å²) in [5, 5.41) is 12.5. The normalized spacial score (nSPS) is 11.9. The highest BCUT2D eigenvalue weighted by molar-refractivity contribution is 7.92. The Labute approximate surface area is 204 Å². The van der Waals surface area contributed by atoms with E-state index in [9.17, 15) is 13.2 Å². The third-order valence-electron chi connectivity index (χ3n) is 4.73. The number of para-hydroxylation sites is 1. The molecule has 0 heterocycles. The van der Waals surface area contributed by atoms with Crippen LogP contribution in [0.15, 0.2) is 84.0 Å². The van der Waals surface area contributed by atoms with Crippen molar-refractivity contribution in [2.24, 2.45) is 5.10 Å². The van der Waals surface area contributed by atoms with Crippen LogP contribution in [0, 0.1) is 11.3 Å². The van der Waals surface area contributed by atoms with E-state index >= 15 is 0 Å². The number of carbonyl (C=O) groups excluding carboxylic acids is 1. The second kappa shape index (κ2) is 11.7. The summed E-state index contributed by atoms with van der Waals surface area (Å²) in [7, 11) is -3.78. The zero-order chi connectivity index (χ0) is 25.3. The van der Waals surface area contributed by atoms with Gasteiger partial charge in [-0.1, -0.05) is 18.2 Å². The number of nitriles is 1. The van der Waals surface area contributed by atoms with Crippen LogP contribution in [-0.4, -0.2) is 39.4 Å². The van der Waals surface area contributed by atoms with Crippen molar-refractivity contribution in [3.63, 3.8) is 0 Å². The van der Waals surface area contributed by atoms with Crippen molar-refractivity contribution in [1.82, 2.24) is 5.43 Å². The van der Waals surface area contributed by atoms with Crippen LogP contribution >= 0.6 is 0 Å². The molecular formula is C25H24N4O5S. The van der Waals surface area contributed by atoms with E-state index in [0.29, 0.717) is 28.5 Å². The fourth-order valence-corrected chi connectivity index (χ4v) is 4.30. The maximum Gasteiger partial charge on any atom is 0.263 e. The molecule has 1 amide bonds. The molecule has 9 nitrogen and oxygen atoms in total. The van der Waals surface area contributed by atoms with Crippen molar-refractivity contribution in [2.75, 3.05) is 17.2 Å². The minimum Gasteiger partial charge on any atom is -0.479 e. The van der Waals surface area contributed by atoms with Gasteiger partial charge >= 0.3 is 0 Å². The number of hydrogen-bond donors (Lipinski definition) is 1. The summed E-state index contributed by atoms with van der Waals surface area (Å²) in [6.45, 7) is 1.42. The lowest BCUT2D eigenvalue weighted by Gasteiger charge is -2.27. The van der Waals surface area contributed by atoms with Crippen molar-refractivity contribution in [3.8, 4) is 23.3 Å². The van der Waals surface area contributed by atoms with Crippen molar-refractivity contribution in [2.45, 2.75) is 13.0 Å². The molecule has 1 unspecified atom stereocenters. The topological polar surface area (TPSA) is 121 Å². The van der Waals surface area contributed by atoms with Crippen LogP contribution in [0.1, 0.15) is 12.5 Å². The van der Waals surface area contributed by atoms with E-state index in [1.807, 2.05) is 24.3 Å². The Morgan fingerprint density at radius 2 is 1.63 bits per heavy atom. The lowest BCUT2D eigenvalue weighted by atomic mass is 10.2. The molecule has 0 bridgehead atoms. The standard InChI is InChI=1S/C25H24N4O5S/c1-19(25(30)28-27-18-20-8-12-22(13-9-20)33-17-16-26)29(35(2,31)32)21-10-14-24(15-11-21)34-23-6-4-3-5-7-23/h3-15,18-19H,17H2,1-2H3,(H,28,30). The summed E-state index contributed by atoms with van der Waals surface area (Å²) in [6, 6.07) is 23.1. The Kier molecular flexibility index (Phi) is 8.43. The molecule has 0 aliphatic carbocycles. The van der Waals surface area contributed by atoms with Crippen LogP contribution < -0.4 is 19.2 Å². The van der Waals surface area contributed by atoms with Crippen molar-refractivity contribution in [1.29, 1.82) is 5.26 Å². The molecule has 10 heteroatoms. The number of sulfonamides is 1. The Morgan fingerprint density at radius 3 is 2.23 bits per heavy atom. The molecule has 0 aliphatic heterocycles. The Hall–Kier alpha value is -4.36. The van der Waals surface area contributed by atoms with E-state index in [1.165, 1.54) is 13.1 Å². The lowest BCUT2D eigenvalue weighted by Crippen LogP contribution is -2.46. The maximum absolute atomic E-state index is 12.7. The number of ether oxygens (including phenoxy) is 2. The number of rotatable bonds is 10. The quantitative estimate of drug-likeness (QED) is 0.340. The van der Waals surface area contributed by atoms with Crippen LogP contribution in [0.4, 0.5) is 5.69 Å². The van der Waals surface area contributed by atoms with Gasteiger partial charge in [0.15, 0.2) is 6.61 Å². The number of anilines is 1. The van der Waals surface area contributed by atoms with Gasteiger partial charge in [0, 0.05) is 0 Å². The summed E-state index contributed by atoms with van der Waals surface area (Å²) in [5.41, 5.74) is 3.36. The molecule has 1 atom stereocenters. The van der Waals surface area contributed by atoms with E-state index in [0.717, 1.165) is 10.6 Å². The Morgan fingerprint density at radius 1 is 1.03 bits per heavy atom. The van der Waals surface area contributed by atoms with E-state index < -0.39 is 22.0 Å². The van der Waals surface area contributed by atoms with Gasteiger partial charge in [-0.15, -0.1) is 0 Å². The highest BCUT2D eigenvalue weighted by Crippen LogP contribution is 2.27. The summed E-state index contributed by atoms with van der Waals surface area (Å²) < 4.78 is 36.9. The van der Waals surface area contributed by atoms with Crippen LogP contribution in [0.3, 0.4) is 0 Å². The second-order valence-electron chi connectivity index (χ2n) is 7.39. The first-order valence-corrected chi connectivity index (χ1v) is 12.4. The van der Waals surface area contributed by atoms with Crippen molar-refractivity contribution in [3.05, 3.63) is 84.4 Å². The number of nitrogens with one attached hydrogen (secondary N) is 1. The molecule has 0 saturated heterocycles. The summed E-state index contributed by atoms with van der Waals surface area (Å²) >= 11 is 0. The van der Waals surface area contributed by atoms with Gasteiger partial charge in [-0.2, -0.15) is 10.4 Å². The van der Waals surface area contributed by atoms with Gasteiger partial charge in [-0.05, 0) is 73.2 Å². The van der Waals surface area contributed by atoms with E-state index in [2.05, 4.69) is 10.5 Å². The van der Waals surface area contributed by atoms with E-state index in [4.69, 9.17) is 14.7 Å². The molecule has 35 heavy (non-hydrogen) atoms. The summed E-state index contributed by atoms with van der Waals surface area (Å²) in [6.07, 6.45) is 2.45. The molecule has 0 saturated carbocycles. The highest BCUT2D eigenvalue weighted by atomic mass is 32.2. The van der Waals surface area contributed by atoms with Gasteiger partial charge in [0.2, 0.25) is 10.0 Å². The number of benzene rings is 3. The first-order valence-electron chi connectivity index (χ1n) is 10.5. The van der Waals surface area contributed by atoms with Gasteiger partial charge in [-0.3, -0.25) is 9.10 Å². The molecule has 3 aromatic carbocycles. The third-order valence-corrected chi connectivity index (χ3v) is 5.97. The molecule has 0 aliphatic rings. The number of nitrogens with zero attached hydrogens (tertiary/aromatic N) is 3. The maximum atomic E-state index is 12.7. The Balaban J connectivity index is 1.67. The molecule has 180 valence electrons. The first-order chi connectivity index (χ1) is 16.8. The van der Waals surface area contributed by atoms with Crippen LogP contribution in [0.25, 0.3) is 0 Å². The number of amides is 1. The van der Waals surface area contributed by atoms with Gasteiger partial charge in [0.05, 0.1) is 18.2 Å². The van der Waals surface area contributed by atoms with E-state index in [1.54, 1.807) is 60.7 Å². The smallest absolute Gasteiger partial charge is 0.263 e. The SMILES string of the molecule is CC(C(=O)NN=Cc1ccc(OCC#N)cc1)N(c1ccc(Oc2ccccc2)cc1)S(C)(=O)=O. The van der Waals surface area contributed by atoms with Gasteiger partial charge < -0.3 is 9.47 Å². The molecule has 0 aromatic heterocycles. The van der Waals surface area contributed by atoms with Gasteiger partial charge in [0.25, 0.3) is 5.91 Å². The molecule has 0 spiro atoms. The molecule has 0 radical (unpaired) electrons. The lowest BCUT2D eigenvalue weighted by molar-refractivity contribution is -0.121. The summed E-state index contributed by atoms with van der Waals surface area (Å²) in [5.74, 6) is 1.10. The van der Waals surface area contributed by atoms with Gasteiger partial charge in [-0.25, -0.2) is 13.8 Å².